The van der Waals surface area contributed by atoms with Gasteiger partial charge in [0.25, 0.3) is 5.91 Å². The lowest BCUT2D eigenvalue weighted by atomic mass is 10.1. The van der Waals surface area contributed by atoms with Crippen LogP contribution in [0.1, 0.15) is 23.2 Å². The number of carbonyl (C=O) groups is 1. The van der Waals surface area contributed by atoms with Gasteiger partial charge < -0.3 is 10.4 Å². The summed E-state index contributed by atoms with van der Waals surface area (Å²) in [7, 11) is -0.789. The van der Waals surface area contributed by atoms with E-state index in [1.807, 2.05) is 0 Å². The quantitative estimate of drug-likeness (QED) is 0.848. The Morgan fingerprint density at radius 2 is 2.06 bits per heavy atom. The summed E-state index contributed by atoms with van der Waals surface area (Å²) in [5.41, 5.74) is -0.0679. The lowest BCUT2D eigenvalue weighted by molar-refractivity contribution is 0.0931. The number of halogens is 1. The van der Waals surface area contributed by atoms with Crippen molar-refractivity contribution >= 4 is 16.7 Å². The summed E-state index contributed by atoms with van der Waals surface area (Å²) in [6, 6.07) is 3.19. The number of hydrogen-bond acceptors (Lipinski definition) is 3. The van der Waals surface area contributed by atoms with Crippen LogP contribution in [-0.2, 0) is 10.8 Å². The third kappa shape index (κ3) is 3.07. The molecule has 1 amide bonds. The SMILES string of the molecule is O=C(NC1CCS(=O)CC1)c1cc(F)ccc1O. The number of hydrogen-bond donors (Lipinski definition) is 2. The Bertz CT molecular complexity index is 482. The molecule has 18 heavy (non-hydrogen) atoms. The monoisotopic (exact) mass is 271 g/mol. The van der Waals surface area contributed by atoms with Gasteiger partial charge in [0, 0.05) is 28.3 Å². The molecule has 1 saturated heterocycles. The Hall–Kier alpha value is -1.43. The van der Waals surface area contributed by atoms with Gasteiger partial charge in [-0.25, -0.2) is 4.39 Å². The molecule has 1 aromatic carbocycles. The maximum atomic E-state index is 13.0. The molecule has 98 valence electrons. The van der Waals surface area contributed by atoms with Crippen molar-refractivity contribution in [2.45, 2.75) is 18.9 Å². The van der Waals surface area contributed by atoms with Gasteiger partial charge in [0.05, 0.1) is 5.56 Å². The first-order chi connectivity index (χ1) is 8.56. The van der Waals surface area contributed by atoms with Gasteiger partial charge in [-0.1, -0.05) is 0 Å². The number of amides is 1. The second kappa shape index (κ2) is 5.48. The standard InChI is InChI=1S/C12H14FNO3S/c13-8-1-2-11(15)10(7-8)12(16)14-9-3-5-18(17)6-4-9/h1-2,7,9,15H,3-6H2,(H,14,16). The molecule has 1 heterocycles. The van der Waals surface area contributed by atoms with Crippen LogP contribution in [0.3, 0.4) is 0 Å². The van der Waals surface area contributed by atoms with Gasteiger partial charge in [-0.05, 0) is 31.0 Å². The van der Waals surface area contributed by atoms with Gasteiger partial charge in [0.15, 0.2) is 0 Å². The molecule has 0 spiro atoms. The highest BCUT2D eigenvalue weighted by Crippen LogP contribution is 2.18. The van der Waals surface area contributed by atoms with Crippen molar-refractivity contribution < 1.29 is 18.5 Å². The van der Waals surface area contributed by atoms with Crippen LogP contribution >= 0.6 is 0 Å². The van der Waals surface area contributed by atoms with Crippen LogP contribution in [0.5, 0.6) is 5.75 Å². The minimum Gasteiger partial charge on any atom is -0.507 e. The normalized spacial score (nSPS) is 23.6. The molecule has 0 bridgehead atoms. The van der Waals surface area contributed by atoms with E-state index in [4.69, 9.17) is 0 Å². The second-order valence-electron chi connectivity index (χ2n) is 4.26. The highest BCUT2D eigenvalue weighted by Gasteiger charge is 2.21. The molecule has 1 aliphatic heterocycles. The molecule has 0 saturated carbocycles. The maximum Gasteiger partial charge on any atom is 0.255 e. The molecule has 2 N–H and O–H groups in total. The van der Waals surface area contributed by atoms with Crippen LogP contribution in [0.2, 0.25) is 0 Å². The van der Waals surface area contributed by atoms with Crippen LogP contribution in [0.4, 0.5) is 4.39 Å². The van der Waals surface area contributed by atoms with E-state index in [1.54, 1.807) is 0 Å². The van der Waals surface area contributed by atoms with Crippen molar-refractivity contribution in [3.8, 4) is 5.75 Å². The van der Waals surface area contributed by atoms with Crippen LogP contribution in [0.15, 0.2) is 18.2 Å². The molecule has 0 radical (unpaired) electrons. The van der Waals surface area contributed by atoms with E-state index < -0.39 is 22.5 Å². The number of phenols is 1. The average molecular weight is 271 g/mol. The zero-order valence-corrected chi connectivity index (χ0v) is 10.5. The predicted molar refractivity (Wildman–Crippen MR) is 66.4 cm³/mol. The van der Waals surface area contributed by atoms with Crippen molar-refractivity contribution in [1.82, 2.24) is 5.32 Å². The summed E-state index contributed by atoms with van der Waals surface area (Å²) in [5.74, 6) is -0.166. The number of phenolic OH excluding ortho intramolecular Hbond substituents is 1. The van der Waals surface area contributed by atoms with Crippen LogP contribution < -0.4 is 5.32 Å². The van der Waals surface area contributed by atoms with E-state index in [0.717, 1.165) is 18.2 Å². The zero-order valence-electron chi connectivity index (χ0n) is 9.69. The van der Waals surface area contributed by atoms with E-state index in [-0.39, 0.29) is 17.4 Å². The first-order valence-corrected chi connectivity index (χ1v) is 7.19. The highest BCUT2D eigenvalue weighted by atomic mass is 32.2. The van der Waals surface area contributed by atoms with Crippen molar-refractivity contribution in [3.05, 3.63) is 29.6 Å². The topological polar surface area (TPSA) is 66.4 Å². The van der Waals surface area contributed by atoms with Crippen LogP contribution in [0, 0.1) is 5.82 Å². The first-order valence-electron chi connectivity index (χ1n) is 5.70. The number of aromatic hydroxyl groups is 1. The Morgan fingerprint density at radius 3 is 2.72 bits per heavy atom. The molecule has 1 aromatic rings. The van der Waals surface area contributed by atoms with Gasteiger partial charge in [-0.3, -0.25) is 9.00 Å². The van der Waals surface area contributed by atoms with Gasteiger partial charge in [0.2, 0.25) is 0 Å². The maximum absolute atomic E-state index is 13.0. The lowest BCUT2D eigenvalue weighted by Gasteiger charge is -2.22. The van der Waals surface area contributed by atoms with Crippen LogP contribution in [0.25, 0.3) is 0 Å². The fourth-order valence-corrected chi connectivity index (χ4v) is 3.19. The third-order valence-electron chi connectivity index (χ3n) is 2.93. The van der Waals surface area contributed by atoms with E-state index in [2.05, 4.69) is 5.32 Å². The number of benzene rings is 1. The molecule has 0 atom stereocenters. The largest absolute Gasteiger partial charge is 0.507 e. The van der Waals surface area contributed by atoms with E-state index in [9.17, 15) is 18.5 Å². The molecule has 2 rings (SSSR count). The molecular weight excluding hydrogens is 257 g/mol. The minimum absolute atomic E-state index is 0.0575. The fourth-order valence-electron chi connectivity index (χ4n) is 1.89. The third-order valence-corrected chi connectivity index (χ3v) is 4.31. The molecule has 0 unspecified atom stereocenters. The molecular formula is C12H14FNO3S. The number of nitrogens with one attached hydrogen (secondary N) is 1. The van der Waals surface area contributed by atoms with Crippen molar-refractivity contribution in [3.63, 3.8) is 0 Å². The Labute approximate surface area is 107 Å². The molecule has 0 aliphatic carbocycles. The van der Waals surface area contributed by atoms with Gasteiger partial charge in [-0.2, -0.15) is 0 Å². The van der Waals surface area contributed by atoms with Crippen molar-refractivity contribution in [2.24, 2.45) is 0 Å². The molecule has 6 heteroatoms. The predicted octanol–water partition coefficient (Wildman–Crippen LogP) is 1.17. The van der Waals surface area contributed by atoms with Gasteiger partial charge in [-0.15, -0.1) is 0 Å². The number of carbonyl (C=O) groups excluding carboxylic acids is 1. The Morgan fingerprint density at radius 1 is 1.39 bits per heavy atom. The molecule has 4 nitrogen and oxygen atoms in total. The molecule has 1 aliphatic rings. The minimum atomic E-state index is -0.789. The molecule has 1 fully saturated rings. The zero-order chi connectivity index (χ0) is 13.1. The summed E-state index contributed by atoms with van der Waals surface area (Å²) in [6.45, 7) is 0. The van der Waals surface area contributed by atoms with E-state index in [1.165, 1.54) is 0 Å². The number of rotatable bonds is 2. The second-order valence-corrected chi connectivity index (χ2v) is 5.95. The smallest absolute Gasteiger partial charge is 0.255 e. The fraction of sp³-hybridized carbons (Fsp3) is 0.417. The Kier molecular flexibility index (Phi) is 3.96. The van der Waals surface area contributed by atoms with Crippen LogP contribution in [-0.4, -0.2) is 32.8 Å². The van der Waals surface area contributed by atoms with E-state index in [0.29, 0.717) is 24.3 Å². The summed E-state index contributed by atoms with van der Waals surface area (Å²) >= 11 is 0. The summed E-state index contributed by atoms with van der Waals surface area (Å²) in [6.07, 6.45) is 1.29. The lowest BCUT2D eigenvalue weighted by Crippen LogP contribution is -2.39. The van der Waals surface area contributed by atoms with Crippen molar-refractivity contribution in [1.29, 1.82) is 0 Å². The summed E-state index contributed by atoms with van der Waals surface area (Å²) < 4.78 is 24.2. The first kappa shape index (κ1) is 13.0. The summed E-state index contributed by atoms with van der Waals surface area (Å²) in [4.78, 5) is 11.9. The van der Waals surface area contributed by atoms with Gasteiger partial charge >= 0.3 is 0 Å². The average Bonchev–Trinajstić information content (AvgIpc) is 2.35. The van der Waals surface area contributed by atoms with Crippen molar-refractivity contribution in [2.75, 3.05) is 11.5 Å². The summed E-state index contributed by atoms with van der Waals surface area (Å²) in [5, 5.41) is 12.2. The molecule has 0 aromatic heterocycles. The van der Waals surface area contributed by atoms with E-state index >= 15 is 0 Å². The Balaban J connectivity index is 2.03. The highest BCUT2D eigenvalue weighted by molar-refractivity contribution is 7.85. The van der Waals surface area contributed by atoms with Gasteiger partial charge in [0.1, 0.15) is 11.6 Å².